The molecule has 0 saturated heterocycles. The maximum atomic E-state index is 6.36. The normalized spacial score (nSPS) is 13.0. The third-order valence-electron chi connectivity index (χ3n) is 3.71. The maximum Gasteiger partial charge on any atom is 0.111 e. The first-order chi connectivity index (χ1) is 10.1. The molecule has 2 aromatic heterocycles. The minimum atomic E-state index is -0.113. The van der Waals surface area contributed by atoms with Crippen LogP contribution in [0, 0.1) is 6.92 Å². The van der Waals surface area contributed by atoms with Crippen LogP contribution in [0.3, 0.4) is 0 Å². The fourth-order valence-electron chi connectivity index (χ4n) is 2.62. The molecule has 0 radical (unpaired) electrons. The van der Waals surface area contributed by atoms with Crippen LogP contribution in [0.5, 0.6) is 0 Å². The third-order valence-corrected chi connectivity index (χ3v) is 5.56. The highest BCUT2D eigenvalue weighted by atomic mass is 35.5. The van der Waals surface area contributed by atoms with Gasteiger partial charge in [0.25, 0.3) is 0 Å². The van der Waals surface area contributed by atoms with Crippen LogP contribution in [0.1, 0.15) is 29.2 Å². The molecular weight excluding hydrogens is 302 g/mol. The maximum absolute atomic E-state index is 6.36. The Kier molecular flexibility index (Phi) is 4.02. The molecule has 1 atom stereocenters. The number of rotatable bonds is 4. The zero-order valence-electron chi connectivity index (χ0n) is 12.1. The number of hydrogen-bond donors (Lipinski definition) is 1. The summed E-state index contributed by atoms with van der Waals surface area (Å²) in [7, 11) is 0. The van der Waals surface area contributed by atoms with E-state index in [0.29, 0.717) is 6.42 Å². The van der Waals surface area contributed by atoms with Crippen molar-refractivity contribution in [2.24, 2.45) is 5.73 Å². The van der Waals surface area contributed by atoms with Crippen LogP contribution in [-0.4, -0.2) is 9.55 Å². The van der Waals surface area contributed by atoms with Gasteiger partial charge in [-0.15, -0.1) is 11.3 Å². The number of para-hydroxylation sites is 2. The molecule has 3 rings (SSSR count). The molecular formula is C16H18ClN3S. The predicted octanol–water partition coefficient (Wildman–Crippen LogP) is 4.32. The average Bonchev–Trinajstić information content (AvgIpc) is 2.99. The van der Waals surface area contributed by atoms with Crippen LogP contribution < -0.4 is 5.73 Å². The highest BCUT2D eigenvalue weighted by molar-refractivity contribution is 7.10. The molecule has 1 aromatic carbocycles. The van der Waals surface area contributed by atoms with Gasteiger partial charge in [-0.2, -0.15) is 0 Å². The van der Waals surface area contributed by atoms with Crippen LogP contribution in [0.25, 0.3) is 11.0 Å². The second-order valence-electron chi connectivity index (χ2n) is 5.17. The van der Waals surface area contributed by atoms with E-state index in [0.717, 1.165) is 38.9 Å². The predicted molar refractivity (Wildman–Crippen MR) is 90.1 cm³/mol. The van der Waals surface area contributed by atoms with Crippen molar-refractivity contribution in [1.29, 1.82) is 0 Å². The lowest BCUT2D eigenvalue weighted by atomic mass is 10.1. The molecule has 0 fully saturated rings. The number of nitrogens with zero attached hydrogens (tertiary/aromatic N) is 2. The van der Waals surface area contributed by atoms with E-state index in [-0.39, 0.29) is 6.04 Å². The first kappa shape index (κ1) is 14.6. The number of benzene rings is 1. The number of thiophene rings is 1. The van der Waals surface area contributed by atoms with Gasteiger partial charge in [0.05, 0.1) is 16.1 Å². The van der Waals surface area contributed by atoms with Gasteiger partial charge in [-0.25, -0.2) is 4.98 Å². The summed E-state index contributed by atoms with van der Waals surface area (Å²) < 4.78 is 2.23. The van der Waals surface area contributed by atoms with Gasteiger partial charge in [-0.05, 0) is 36.9 Å². The zero-order chi connectivity index (χ0) is 15.0. The van der Waals surface area contributed by atoms with Crippen molar-refractivity contribution >= 4 is 34.0 Å². The summed E-state index contributed by atoms with van der Waals surface area (Å²) in [5.41, 5.74) is 9.64. The molecule has 1 unspecified atom stereocenters. The zero-order valence-corrected chi connectivity index (χ0v) is 13.7. The van der Waals surface area contributed by atoms with E-state index in [1.807, 2.05) is 25.1 Å². The van der Waals surface area contributed by atoms with Gasteiger partial charge in [-0.3, -0.25) is 0 Å². The Bertz CT molecular complexity index is 775. The van der Waals surface area contributed by atoms with Gasteiger partial charge in [0.1, 0.15) is 5.82 Å². The number of fused-ring (bicyclic) bond motifs is 1. The van der Waals surface area contributed by atoms with E-state index < -0.39 is 0 Å². The Morgan fingerprint density at radius 3 is 2.81 bits per heavy atom. The van der Waals surface area contributed by atoms with Gasteiger partial charge >= 0.3 is 0 Å². The number of hydrogen-bond acceptors (Lipinski definition) is 3. The Hall–Kier alpha value is -1.36. The van der Waals surface area contributed by atoms with E-state index in [9.17, 15) is 0 Å². The second kappa shape index (κ2) is 5.79. The minimum absolute atomic E-state index is 0.113. The lowest BCUT2D eigenvalue weighted by Gasteiger charge is -2.12. The Morgan fingerprint density at radius 2 is 2.14 bits per heavy atom. The van der Waals surface area contributed by atoms with E-state index in [2.05, 4.69) is 22.9 Å². The van der Waals surface area contributed by atoms with E-state index >= 15 is 0 Å². The number of aryl methyl sites for hydroxylation is 2. The monoisotopic (exact) mass is 319 g/mol. The van der Waals surface area contributed by atoms with Gasteiger partial charge in [0, 0.05) is 23.9 Å². The first-order valence-corrected chi connectivity index (χ1v) is 8.30. The van der Waals surface area contributed by atoms with Crippen LogP contribution >= 0.6 is 22.9 Å². The summed E-state index contributed by atoms with van der Waals surface area (Å²) in [6.45, 7) is 5.03. The van der Waals surface area contributed by atoms with Crippen molar-refractivity contribution in [3.63, 3.8) is 0 Å². The summed E-state index contributed by atoms with van der Waals surface area (Å²) in [6, 6.07) is 8.08. The van der Waals surface area contributed by atoms with Crippen molar-refractivity contribution in [2.75, 3.05) is 0 Å². The quantitative estimate of drug-likeness (QED) is 0.778. The molecule has 2 N–H and O–H groups in total. The largest absolute Gasteiger partial charge is 0.328 e. The van der Waals surface area contributed by atoms with Crippen molar-refractivity contribution in [3.8, 4) is 0 Å². The molecule has 21 heavy (non-hydrogen) atoms. The summed E-state index contributed by atoms with van der Waals surface area (Å²) >= 11 is 7.96. The fraction of sp³-hybridized carbons (Fsp3) is 0.312. The lowest BCUT2D eigenvalue weighted by Crippen LogP contribution is -2.15. The Morgan fingerprint density at radius 1 is 1.38 bits per heavy atom. The van der Waals surface area contributed by atoms with Gasteiger partial charge in [-0.1, -0.05) is 23.7 Å². The molecule has 3 aromatic rings. The molecule has 0 saturated carbocycles. The summed E-state index contributed by atoms with van der Waals surface area (Å²) in [5.74, 6) is 1.02. The number of imidazole rings is 1. The molecule has 0 amide bonds. The third kappa shape index (κ3) is 2.59. The summed E-state index contributed by atoms with van der Waals surface area (Å²) in [6.07, 6.45) is 0.697. The number of halogens is 1. The molecule has 110 valence electrons. The van der Waals surface area contributed by atoms with Crippen LogP contribution in [-0.2, 0) is 13.0 Å². The molecule has 0 spiro atoms. The molecule has 2 heterocycles. The molecule has 0 aliphatic rings. The molecule has 0 bridgehead atoms. The molecule has 3 nitrogen and oxygen atoms in total. The number of aromatic nitrogens is 2. The lowest BCUT2D eigenvalue weighted by molar-refractivity contribution is 0.644. The topological polar surface area (TPSA) is 43.8 Å². The second-order valence-corrected chi connectivity index (χ2v) is 6.46. The Labute approximate surface area is 133 Å². The minimum Gasteiger partial charge on any atom is -0.328 e. The van der Waals surface area contributed by atoms with Crippen LogP contribution in [0.15, 0.2) is 29.6 Å². The van der Waals surface area contributed by atoms with E-state index in [1.165, 1.54) is 0 Å². The average molecular weight is 320 g/mol. The first-order valence-electron chi connectivity index (χ1n) is 7.05. The molecule has 5 heteroatoms. The van der Waals surface area contributed by atoms with E-state index in [1.54, 1.807) is 11.3 Å². The molecule has 0 aliphatic heterocycles. The number of nitrogens with two attached hydrogens (primary N) is 1. The summed E-state index contributed by atoms with van der Waals surface area (Å²) in [4.78, 5) is 5.78. The van der Waals surface area contributed by atoms with Gasteiger partial charge in [0.2, 0.25) is 0 Å². The fourth-order valence-corrected chi connectivity index (χ4v) is 3.96. The van der Waals surface area contributed by atoms with Crippen LogP contribution in [0.4, 0.5) is 0 Å². The summed E-state index contributed by atoms with van der Waals surface area (Å²) in [5, 5.41) is 2.85. The van der Waals surface area contributed by atoms with Crippen molar-refractivity contribution in [2.45, 2.75) is 32.9 Å². The van der Waals surface area contributed by atoms with Crippen molar-refractivity contribution in [3.05, 3.63) is 50.9 Å². The van der Waals surface area contributed by atoms with Gasteiger partial charge in [0.15, 0.2) is 0 Å². The smallest absolute Gasteiger partial charge is 0.111 e. The van der Waals surface area contributed by atoms with Gasteiger partial charge < -0.3 is 10.3 Å². The highest BCUT2D eigenvalue weighted by Crippen LogP contribution is 2.33. The van der Waals surface area contributed by atoms with Crippen LogP contribution in [0.2, 0.25) is 5.02 Å². The molecule has 0 aliphatic carbocycles. The van der Waals surface area contributed by atoms with E-state index in [4.69, 9.17) is 22.3 Å². The SMILES string of the molecule is CCn1c(CC(N)c2scc(C)c2Cl)nc2ccccc21. The Balaban J connectivity index is 1.96. The van der Waals surface area contributed by atoms with Crippen molar-refractivity contribution < 1.29 is 0 Å². The standard InChI is InChI=1S/C16H18ClN3S/c1-3-20-13-7-5-4-6-12(13)19-14(20)8-11(18)16-15(17)10(2)9-21-16/h4-7,9,11H,3,8,18H2,1-2H3. The van der Waals surface area contributed by atoms with Crippen molar-refractivity contribution in [1.82, 2.24) is 9.55 Å². The highest BCUT2D eigenvalue weighted by Gasteiger charge is 2.18.